The quantitative estimate of drug-likeness (QED) is 0.191. The molecule has 174 valence electrons. The number of esters is 1. The van der Waals surface area contributed by atoms with E-state index in [0.29, 0.717) is 27.5 Å². The summed E-state index contributed by atoms with van der Waals surface area (Å²) in [7, 11) is 1.44. The van der Waals surface area contributed by atoms with Gasteiger partial charge in [0.2, 0.25) is 0 Å². The molecular formula is C24H19BrClN3O5. The Labute approximate surface area is 209 Å². The molecule has 3 aromatic rings. The molecule has 0 bridgehead atoms. The van der Waals surface area contributed by atoms with Crippen LogP contribution in [0.25, 0.3) is 0 Å². The highest BCUT2D eigenvalue weighted by Gasteiger charge is 2.13. The van der Waals surface area contributed by atoms with Crippen LogP contribution in [0.4, 0.5) is 0 Å². The van der Waals surface area contributed by atoms with Crippen LogP contribution in [0.3, 0.4) is 0 Å². The number of ether oxygens (including phenoxy) is 2. The number of carbonyl (C=O) groups is 3. The molecule has 2 N–H and O–H groups in total. The van der Waals surface area contributed by atoms with Crippen molar-refractivity contribution in [3.05, 3.63) is 92.9 Å². The van der Waals surface area contributed by atoms with Crippen molar-refractivity contribution in [1.82, 2.24) is 10.7 Å². The summed E-state index contributed by atoms with van der Waals surface area (Å²) in [6, 6.07) is 17.9. The molecule has 0 unspecified atom stereocenters. The highest BCUT2D eigenvalue weighted by atomic mass is 79.9. The van der Waals surface area contributed by atoms with Gasteiger partial charge in [-0.05, 0) is 66.2 Å². The lowest BCUT2D eigenvalue weighted by Gasteiger charge is -2.10. The lowest BCUT2D eigenvalue weighted by molar-refractivity contribution is -0.120. The van der Waals surface area contributed by atoms with Crippen molar-refractivity contribution >= 4 is 51.5 Å². The van der Waals surface area contributed by atoms with E-state index < -0.39 is 11.9 Å². The van der Waals surface area contributed by atoms with Crippen LogP contribution < -0.4 is 20.2 Å². The fourth-order valence-corrected chi connectivity index (χ4v) is 3.23. The van der Waals surface area contributed by atoms with Crippen LogP contribution in [-0.4, -0.2) is 37.7 Å². The van der Waals surface area contributed by atoms with Crippen molar-refractivity contribution in [2.45, 2.75) is 0 Å². The summed E-state index contributed by atoms with van der Waals surface area (Å²) in [5.74, 6) is -0.916. The lowest BCUT2D eigenvalue weighted by Crippen LogP contribution is -2.34. The third-order valence-corrected chi connectivity index (χ3v) is 5.11. The number of amides is 2. The lowest BCUT2D eigenvalue weighted by atomic mass is 10.2. The molecule has 0 heterocycles. The molecule has 0 saturated carbocycles. The first-order valence-corrected chi connectivity index (χ1v) is 11.0. The molecule has 0 saturated heterocycles. The minimum absolute atomic E-state index is 0.221. The van der Waals surface area contributed by atoms with Gasteiger partial charge in [0.1, 0.15) is 0 Å². The van der Waals surface area contributed by atoms with Gasteiger partial charge in [0.25, 0.3) is 11.8 Å². The maximum absolute atomic E-state index is 12.3. The van der Waals surface area contributed by atoms with Crippen molar-refractivity contribution in [3.63, 3.8) is 0 Å². The van der Waals surface area contributed by atoms with Gasteiger partial charge < -0.3 is 14.8 Å². The second-order valence-electron chi connectivity index (χ2n) is 6.79. The molecule has 0 aliphatic carbocycles. The number of carbonyl (C=O) groups excluding carboxylic acids is 3. The van der Waals surface area contributed by atoms with Gasteiger partial charge in [-0.1, -0.05) is 33.6 Å². The number of hydrazone groups is 1. The monoisotopic (exact) mass is 543 g/mol. The van der Waals surface area contributed by atoms with E-state index >= 15 is 0 Å². The summed E-state index contributed by atoms with van der Waals surface area (Å²) >= 11 is 9.12. The number of halogens is 2. The summed E-state index contributed by atoms with van der Waals surface area (Å²) in [6.45, 7) is -0.244. The number of methoxy groups -OCH3 is 1. The van der Waals surface area contributed by atoms with E-state index in [1.165, 1.54) is 13.3 Å². The molecule has 0 atom stereocenters. The Morgan fingerprint density at radius 1 is 1.00 bits per heavy atom. The maximum atomic E-state index is 12.3. The van der Waals surface area contributed by atoms with E-state index in [4.69, 9.17) is 21.1 Å². The van der Waals surface area contributed by atoms with Crippen LogP contribution >= 0.6 is 27.5 Å². The van der Waals surface area contributed by atoms with E-state index in [-0.39, 0.29) is 18.2 Å². The largest absolute Gasteiger partial charge is 0.493 e. The fraction of sp³-hybridized carbons (Fsp3) is 0.0833. The van der Waals surface area contributed by atoms with Crippen molar-refractivity contribution in [2.24, 2.45) is 5.10 Å². The number of hydrogen-bond donors (Lipinski definition) is 2. The molecule has 0 aliphatic rings. The topological polar surface area (TPSA) is 106 Å². The van der Waals surface area contributed by atoms with Gasteiger partial charge in [-0.3, -0.25) is 9.59 Å². The number of nitrogens with zero attached hydrogens (tertiary/aromatic N) is 1. The standard InChI is InChI=1S/C24H19BrClN3O5/c1-33-21-11-15(5-10-20(21)34-24(32)16-6-8-19(26)9-7-16)13-28-29-22(30)14-27-23(31)17-3-2-4-18(25)12-17/h2-13H,14H2,1H3,(H,27,31)(H,29,30)/b28-13+. The van der Waals surface area contributed by atoms with Crippen LogP contribution in [0.1, 0.15) is 26.3 Å². The Balaban J connectivity index is 1.54. The van der Waals surface area contributed by atoms with Crippen molar-refractivity contribution in [2.75, 3.05) is 13.7 Å². The Kier molecular flexibility index (Phi) is 8.78. The maximum Gasteiger partial charge on any atom is 0.343 e. The molecule has 0 aliphatic heterocycles. The van der Waals surface area contributed by atoms with Gasteiger partial charge in [-0.15, -0.1) is 0 Å². The van der Waals surface area contributed by atoms with Gasteiger partial charge in [-0.2, -0.15) is 5.10 Å². The first-order chi connectivity index (χ1) is 16.4. The molecule has 3 aromatic carbocycles. The molecule has 10 heteroatoms. The highest BCUT2D eigenvalue weighted by Crippen LogP contribution is 2.28. The molecule has 0 spiro atoms. The Hall–Kier alpha value is -3.69. The number of rotatable bonds is 8. The second kappa shape index (κ2) is 12.0. The van der Waals surface area contributed by atoms with E-state index in [0.717, 1.165) is 4.47 Å². The SMILES string of the molecule is COc1cc(/C=N/NC(=O)CNC(=O)c2cccc(Br)c2)ccc1OC(=O)c1ccc(Cl)cc1. The highest BCUT2D eigenvalue weighted by molar-refractivity contribution is 9.10. The van der Waals surface area contributed by atoms with Crippen molar-refractivity contribution < 1.29 is 23.9 Å². The Bertz CT molecular complexity index is 1230. The molecule has 8 nitrogen and oxygen atoms in total. The minimum Gasteiger partial charge on any atom is -0.493 e. The first-order valence-electron chi connectivity index (χ1n) is 9.87. The van der Waals surface area contributed by atoms with E-state index in [9.17, 15) is 14.4 Å². The second-order valence-corrected chi connectivity index (χ2v) is 8.15. The van der Waals surface area contributed by atoms with Gasteiger partial charge in [0, 0.05) is 15.1 Å². The number of benzene rings is 3. The van der Waals surface area contributed by atoms with Crippen molar-refractivity contribution in [1.29, 1.82) is 0 Å². The van der Waals surface area contributed by atoms with E-state index in [1.807, 2.05) is 0 Å². The van der Waals surface area contributed by atoms with Crippen molar-refractivity contribution in [3.8, 4) is 11.5 Å². The van der Waals surface area contributed by atoms with E-state index in [1.54, 1.807) is 66.7 Å². The summed E-state index contributed by atoms with van der Waals surface area (Å²) in [6.07, 6.45) is 1.39. The first kappa shape index (κ1) is 24.9. The predicted molar refractivity (Wildman–Crippen MR) is 132 cm³/mol. The zero-order chi connectivity index (χ0) is 24.5. The van der Waals surface area contributed by atoms with Gasteiger partial charge in [-0.25, -0.2) is 10.2 Å². The molecule has 0 fully saturated rings. The third-order valence-electron chi connectivity index (χ3n) is 4.37. The molecule has 0 radical (unpaired) electrons. The summed E-state index contributed by atoms with van der Waals surface area (Å²) < 4.78 is 11.4. The molecule has 2 amide bonds. The average molecular weight is 545 g/mol. The van der Waals surface area contributed by atoms with Gasteiger partial charge in [0.15, 0.2) is 11.5 Å². The van der Waals surface area contributed by atoms with Crippen LogP contribution in [0.2, 0.25) is 5.02 Å². The predicted octanol–water partition coefficient (Wildman–Crippen LogP) is 4.21. The molecule has 34 heavy (non-hydrogen) atoms. The van der Waals surface area contributed by atoms with Gasteiger partial charge in [0.05, 0.1) is 25.4 Å². The molecule has 3 rings (SSSR count). The Morgan fingerprint density at radius 2 is 1.76 bits per heavy atom. The normalized spacial score (nSPS) is 10.6. The van der Waals surface area contributed by atoms with Crippen LogP contribution in [0.15, 0.2) is 76.3 Å². The fourth-order valence-electron chi connectivity index (χ4n) is 2.70. The number of nitrogens with one attached hydrogen (secondary N) is 2. The summed E-state index contributed by atoms with van der Waals surface area (Å²) in [5.41, 5.74) is 3.68. The third kappa shape index (κ3) is 7.16. The number of hydrogen-bond acceptors (Lipinski definition) is 6. The average Bonchev–Trinajstić information content (AvgIpc) is 2.83. The Morgan fingerprint density at radius 3 is 2.47 bits per heavy atom. The smallest absolute Gasteiger partial charge is 0.343 e. The van der Waals surface area contributed by atoms with Crippen LogP contribution in [0, 0.1) is 0 Å². The zero-order valence-corrected chi connectivity index (χ0v) is 20.2. The van der Waals surface area contributed by atoms with Crippen LogP contribution in [0.5, 0.6) is 11.5 Å². The molecule has 0 aromatic heterocycles. The minimum atomic E-state index is -0.562. The molecular weight excluding hydrogens is 526 g/mol. The summed E-state index contributed by atoms with van der Waals surface area (Å²) in [5, 5.41) is 6.89. The zero-order valence-electron chi connectivity index (χ0n) is 17.9. The van der Waals surface area contributed by atoms with E-state index in [2.05, 4.69) is 31.8 Å². The van der Waals surface area contributed by atoms with Gasteiger partial charge >= 0.3 is 5.97 Å². The van der Waals surface area contributed by atoms with Crippen LogP contribution in [-0.2, 0) is 4.79 Å². The summed E-state index contributed by atoms with van der Waals surface area (Å²) in [4.78, 5) is 36.3.